The number of aryl methyl sites for hydroxylation is 1. The van der Waals surface area contributed by atoms with E-state index in [0.29, 0.717) is 17.8 Å². The second-order valence-corrected chi connectivity index (χ2v) is 7.13. The molecule has 0 radical (unpaired) electrons. The van der Waals surface area contributed by atoms with E-state index >= 15 is 0 Å². The van der Waals surface area contributed by atoms with Crippen molar-refractivity contribution in [3.8, 4) is 11.5 Å². The number of rotatable bonds is 4. The molecule has 4 rings (SSSR count). The molecule has 0 amide bonds. The van der Waals surface area contributed by atoms with Gasteiger partial charge in [-0.25, -0.2) is 4.98 Å². The molecule has 0 saturated carbocycles. The number of nitrogens with zero attached hydrogens (tertiary/aromatic N) is 5. The molecule has 3 aromatic rings. The molecular formula is C21H25N5O. The van der Waals surface area contributed by atoms with Gasteiger partial charge in [0.2, 0.25) is 0 Å². The quantitative estimate of drug-likeness (QED) is 0.707. The van der Waals surface area contributed by atoms with Crippen molar-refractivity contribution in [1.29, 1.82) is 0 Å². The topological polar surface area (TPSA) is 58.3 Å². The molecule has 1 aliphatic rings. The first-order chi connectivity index (χ1) is 13.2. The molecule has 0 aliphatic carbocycles. The lowest BCUT2D eigenvalue weighted by Crippen LogP contribution is -2.34. The Hall–Kier alpha value is -2.73. The third-order valence-electron chi connectivity index (χ3n) is 5.17. The Morgan fingerprint density at radius 1 is 1.11 bits per heavy atom. The highest BCUT2D eigenvalue weighted by Gasteiger charge is 2.22. The lowest BCUT2D eigenvalue weighted by Gasteiger charge is -2.26. The van der Waals surface area contributed by atoms with Gasteiger partial charge in [0, 0.05) is 44.0 Å². The van der Waals surface area contributed by atoms with Gasteiger partial charge in [0.1, 0.15) is 5.82 Å². The van der Waals surface area contributed by atoms with Gasteiger partial charge in [-0.1, -0.05) is 35.5 Å². The third-order valence-corrected chi connectivity index (χ3v) is 5.17. The minimum Gasteiger partial charge on any atom is -0.355 e. The summed E-state index contributed by atoms with van der Waals surface area (Å²) in [7, 11) is 0. The molecule has 6 heteroatoms. The van der Waals surface area contributed by atoms with Crippen LogP contribution in [0.1, 0.15) is 24.7 Å². The first-order valence-corrected chi connectivity index (χ1v) is 9.49. The van der Waals surface area contributed by atoms with Gasteiger partial charge in [-0.2, -0.15) is 4.98 Å². The van der Waals surface area contributed by atoms with Crippen LogP contribution in [0.2, 0.25) is 0 Å². The number of aromatic nitrogens is 3. The summed E-state index contributed by atoms with van der Waals surface area (Å²) in [4.78, 5) is 13.8. The summed E-state index contributed by atoms with van der Waals surface area (Å²) in [5.74, 6) is 2.16. The SMILES string of the molecule is Cc1noc(-c2ccnc(N3CCC(C)N(Cc4ccccc4)CC3)c2)n1. The van der Waals surface area contributed by atoms with Crippen LogP contribution in [-0.2, 0) is 6.54 Å². The summed E-state index contributed by atoms with van der Waals surface area (Å²) >= 11 is 0. The van der Waals surface area contributed by atoms with E-state index in [9.17, 15) is 0 Å². The maximum absolute atomic E-state index is 5.30. The van der Waals surface area contributed by atoms with Crippen molar-refractivity contribution in [1.82, 2.24) is 20.0 Å². The van der Waals surface area contributed by atoms with Crippen LogP contribution in [0.25, 0.3) is 11.5 Å². The molecule has 140 valence electrons. The second kappa shape index (κ2) is 7.88. The zero-order valence-electron chi connectivity index (χ0n) is 15.9. The fourth-order valence-corrected chi connectivity index (χ4v) is 3.53. The molecule has 1 fully saturated rings. The molecule has 1 aliphatic heterocycles. The molecule has 1 saturated heterocycles. The number of benzene rings is 1. The number of hydrogen-bond donors (Lipinski definition) is 0. The van der Waals surface area contributed by atoms with Crippen LogP contribution >= 0.6 is 0 Å². The monoisotopic (exact) mass is 363 g/mol. The van der Waals surface area contributed by atoms with Crippen LogP contribution in [0.5, 0.6) is 0 Å². The first-order valence-electron chi connectivity index (χ1n) is 9.49. The second-order valence-electron chi connectivity index (χ2n) is 7.13. The van der Waals surface area contributed by atoms with Gasteiger partial charge in [-0.15, -0.1) is 0 Å². The zero-order valence-corrected chi connectivity index (χ0v) is 15.9. The maximum atomic E-state index is 5.30. The Balaban J connectivity index is 1.48. The average Bonchev–Trinajstić information content (AvgIpc) is 3.05. The summed E-state index contributed by atoms with van der Waals surface area (Å²) in [5.41, 5.74) is 2.28. The highest BCUT2D eigenvalue weighted by molar-refractivity contribution is 5.58. The van der Waals surface area contributed by atoms with Crippen LogP contribution in [0.15, 0.2) is 53.2 Å². The molecule has 3 heterocycles. The summed E-state index contributed by atoms with van der Waals surface area (Å²) in [6.45, 7) is 8.10. The summed E-state index contributed by atoms with van der Waals surface area (Å²) < 4.78 is 5.30. The van der Waals surface area contributed by atoms with Crippen molar-refractivity contribution in [3.05, 3.63) is 60.0 Å². The fraction of sp³-hybridized carbons (Fsp3) is 0.381. The predicted molar refractivity (Wildman–Crippen MR) is 105 cm³/mol. The summed E-state index contributed by atoms with van der Waals surface area (Å²) in [5, 5.41) is 3.88. The van der Waals surface area contributed by atoms with Gasteiger partial charge in [0.15, 0.2) is 5.82 Å². The molecule has 1 aromatic carbocycles. The third kappa shape index (κ3) is 4.17. The fourth-order valence-electron chi connectivity index (χ4n) is 3.53. The minimum absolute atomic E-state index is 0.539. The van der Waals surface area contributed by atoms with Crippen molar-refractivity contribution >= 4 is 5.82 Å². The van der Waals surface area contributed by atoms with E-state index in [1.165, 1.54) is 5.56 Å². The maximum Gasteiger partial charge on any atom is 0.258 e. The lowest BCUT2D eigenvalue weighted by molar-refractivity contribution is 0.212. The largest absolute Gasteiger partial charge is 0.355 e. The van der Waals surface area contributed by atoms with Crippen LogP contribution in [0.4, 0.5) is 5.82 Å². The molecule has 0 spiro atoms. The van der Waals surface area contributed by atoms with Crippen molar-refractivity contribution in [2.75, 3.05) is 24.5 Å². The van der Waals surface area contributed by atoms with E-state index in [1.807, 2.05) is 25.3 Å². The Bertz CT molecular complexity index is 879. The number of hydrogen-bond acceptors (Lipinski definition) is 6. The van der Waals surface area contributed by atoms with Gasteiger partial charge in [0.25, 0.3) is 5.89 Å². The molecule has 2 aromatic heterocycles. The number of pyridine rings is 1. The molecule has 6 nitrogen and oxygen atoms in total. The van der Waals surface area contributed by atoms with E-state index in [1.54, 1.807) is 0 Å². The van der Waals surface area contributed by atoms with Gasteiger partial charge in [-0.05, 0) is 38.0 Å². The van der Waals surface area contributed by atoms with Gasteiger partial charge in [-0.3, -0.25) is 4.90 Å². The molecule has 0 N–H and O–H groups in total. The Kier molecular flexibility index (Phi) is 5.16. The van der Waals surface area contributed by atoms with Crippen LogP contribution < -0.4 is 4.90 Å². The molecular weight excluding hydrogens is 338 g/mol. The predicted octanol–water partition coefficient (Wildman–Crippen LogP) is 3.54. The highest BCUT2D eigenvalue weighted by Crippen LogP contribution is 2.23. The standard InChI is InChI=1S/C21H25N5O/c1-16-9-11-25(12-13-26(16)15-18-6-4-3-5-7-18)20-14-19(8-10-22-20)21-23-17(2)24-27-21/h3-8,10,14,16H,9,11-13,15H2,1-2H3. The average molecular weight is 363 g/mol. The van der Waals surface area contributed by atoms with Crippen molar-refractivity contribution < 1.29 is 4.52 Å². The van der Waals surface area contributed by atoms with E-state index in [0.717, 1.165) is 44.0 Å². The van der Waals surface area contributed by atoms with Crippen LogP contribution in [0.3, 0.4) is 0 Å². The molecule has 27 heavy (non-hydrogen) atoms. The van der Waals surface area contributed by atoms with E-state index in [-0.39, 0.29) is 0 Å². The Labute approximate surface area is 159 Å². The molecule has 1 atom stereocenters. The van der Waals surface area contributed by atoms with E-state index in [4.69, 9.17) is 4.52 Å². The van der Waals surface area contributed by atoms with Crippen molar-refractivity contribution in [2.24, 2.45) is 0 Å². The highest BCUT2D eigenvalue weighted by atomic mass is 16.5. The normalized spacial score (nSPS) is 18.4. The van der Waals surface area contributed by atoms with E-state index < -0.39 is 0 Å². The van der Waals surface area contributed by atoms with Gasteiger partial charge >= 0.3 is 0 Å². The zero-order chi connectivity index (χ0) is 18.6. The molecule has 0 bridgehead atoms. The van der Waals surface area contributed by atoms with Gasteiger partial charge < -0.3 is 9.42 Å². The van der Waals surface area contributed by atoms with Crippen molar-refractivity contribution in [3.63, 3.8) is 0 Å². The van der Waals surface area contributed by atoms with E-state index in [2.05, 4.69) is 62.2 Å². The lowest BCUT2D eigenvalue weighted by atomic mass is 10.1. The van der Waals surface area contributed by atoms with Crippen LogP contribution in [-0.4, -0.2) is 45.7 Å². The molecule has 1 unspecified atom stereocenters. The first kappa shape index (κ1) is 17.7. The minimum atomic E-state index is 0.539. The van der Waals surface area contributed by atoms with Crippen LogP contribution in [0, 0.1) is 6.92 Å². The van der Waals surface area contributed by atoms with Crippen molar-refractivity contribution in [2.45, 2.75) is 32.9 Å². The Morgan fingerprint density at radius 3 is 2.74 bits per heavy atom. The smallest absolute Gasteiger partial charge is 0.258 e. The number of anilines is 1. The summed E-state index contributed by atoms with van der Waals surface area (Å²) in [6, 6.07) is 15.2. The Morgan fingerprint density at radius 2 is 1.96 bits per heavy atom. The summed E-state index contributed by atoms with van der Waals surface area (Å²) in [6.07, 6.45) is 2.93. The van der Waals surface area contributed by atoms with Gasteiger partial charge in [0.05, 0.1) is 0 Å².